The standard InChI is InChI=1S/C13H22N2O3/c1-10-4-6-13(7-5-10,11(16)17)14-12(18)15-8-2-3-9-15/h10H,2-9H2,1H3,(H,14,18)(H,16,17). The third kappa shape index (κ3) is 2.60. The predicted molar refractivity (Wildman–Crippen MR) is 67.3 cm³/mol. The third-order valence-electron chi connectivity index (χ3n) is 4.28. The van der Waals surface area contributed by atoms with Crippen LogP contribution in [-0.4, -0.2) is 40.6 Å². The number of aliphatic carboxylic acids is 1. The van der Waals surface area contributed by atoms with E-state index in [1.807, 2.05) is 0 Å². The van der Waals surface area contributed by atoms with E-state index < -0.39 is 11.5 Å². The highest BCUT2D eigenvalue weighted by atomic mass is 16.4. The average molecular weight is 254 g/mol. The van der Waals surface area contributed by atoms with Gasteiger partial charge in [0.25, 0.3) is 0 Å². The smallest absolute Gasteiger partial charge is 0.329 e. The van der Waals surface area contributed by atoms with Gasteiger partial charge in [0, 0.05) is 13.1 Å². The zero-order valence-electron chi connectivity index (χ0n) is 10.9. The molecule has 2 N–H and O–H groups in total. The number of rotatable bonds is 2. The number of hydrogen-bond donors (Lipinski definition) is 2. The third-order valence-corrected chi connectivity index (χ3v) is 4.28. The van der Waals surface area contributed by atoms with E-state index in [4.69, 9.17) is 0 Å². The van der Waals surface area contributed by atoms with Gasteiger partial charge in [0.05, 0.1) is 0 Å². The first-order valence-electron chi connectivity index (χ1n) is 6.84. The fraction of sp³-hybridized carbons (Fsp3) is 0.846. The zero-order chi connectivity index (χ0) is 13.2. The monoisotopic (exact) mass is 254 g/mol. The van der Waals surface area contributed by atoms with Crippen molar-refractivity contribution in [3.05, 3.63) is 0 Å². The Morgan fingerprint density at radius 3 is 2.28 bits per heavy atom. The molecule has 5 nitrogen and oxygen atoms in total. The molecule has 5 heteroatoms. The maximum atomic E-state index is 12.1. The van der Waals surface area contributed by atoms with Gasteiger partial charge in [0.15, 0.2) is 0 Å². The van der Waals surface area contributed by atoms with Crippen LogP contribution in [0.4, 0.5) is 4.79 Å². The van der Waals surface area contributed by atoms with Crippen molar-refractivity contribution in [2.45, 2.75) is 51.0 Å². The van der Waals surface area contributed by atoms with Crippen molar-refractivity contribution in [3.8, 4) is 0 Å². The second-order valence-corrected chi connectivity index (χ2v) is 5.69. The second-order valence-electron chi connectivity index (χ2n) is 5.69. The number of hydrogen-bond acceptors (Lipinski definition) is 2. The van der Waals surface area contributed by atoms with Gasteiger partial charge in [-0.1, -0.05) is 6.92 Å². The Bertz CT molecular complexity index is 329. The first-order valence-corrected chi connectivity index (χ1v) is 6.84. The molecule has 0 radical (unpaired) electrons. The van der Waals surface area contributed by atoms with Gasteiger partial charge in [0.1, 0.15) is 5.54 Å². The highest BCUT2D eigenvalue weighted by Gasteiger charge is 2.43. The molecule has 2 amide bonds. The Hall–Kier alpha value is -1.26. The minimum Gasteiger partial charge on any atom is -0.480 e. The molecule has 2 aliphatic rings. The summed E-state index contributed by atoms with van der Waals surface area (Å²) >= 11 is 0. The van der Waals surface area contributed by atoms with Gasteiger partial charge in [0.2, 0.25) is 0 Å². The van der Waals surface area contributed by atoms with Gasteiger partial charge in [-0.15, -0.1) is 0 Å². The van der Waals surface area contributed by atoms with Crippen LogP contribution in [0.2, 0.25) is 0 Å². The quantitative estimate of drug-likeness (QED) is 0.789. The van der Waals surface area contributed by atoms with Crippen molar-refractivity contribution < 1.29 is 14.7 Å². The highest BCUT2D eigenvalue weighted by Crippen LogP contribution is 2.32. The lowest BCUT2D eigenvalue weighted by Gasteiger charge is -2.37. The molecule has 2 fully saturated rings. The van der Waals surface area contributed by atoms with E-state index in [1.54, 1.807) is 4.90 Å². The summed E-state index contributed by atoms with van der Waals surface area (Å²) < 4.78 is 0. The molecule has 1 heterocycles. The van der Waals surface area contributed by atoms with Crippen LogP contribution in [0.5, 0.6) is 0 Å². The number of nitrogens with one attached hydrogen (secondary N) is 1. The fourth-order valence-electron chi connectivity index (χ4n) is 2.85. The summed E-state index contributed by atoms with van der Waals surface area (Å²) in [6.45, 7) is 3.63. The van der Waals surface area contributed by atoms with Crippen molar-refractivity contribution in [2.24, 2.45) is 5.92 Å². The maximum Gasteiger partial charge on any atom is 0.329 e. The minimum absolute atomic E-state index is 0.204. The van der Waals surface area contributed by atoms with Gasteiger partial charge >= 0.3 is 12.0 Å². The second kappa shape index (κ2) is 5.16. The Labute approximate surface area is 108 Å². The van der Waals surface area contributed by atoms with Crippen molar-refractivity contribution in [3.63, 3.8) is 0 Å². The zero-order valence-corrected chi connectivity index (χ0v) is 10.9. The molecule has 1 aliphatic carbocycles. The maximum absolute atomic E-state index is 12.1. The fourth-order valence-corrected chi connectivity index (χ4v) is 2.85. The van der Waals surface area contributed by atoms with E-state index in [0.717, 1.165) is 38.8 Å². The van der Waals surface area contributed by atoms with Crippen LogP contribution in [0.15, 0.2) is 0 Å². The molecule has 0 aromatic rings. The van der Waals surface area contributed by atoms with Crippen LogP contribution in [0.1, 0.15) is 45.4 Å². The van der Waals surface area contributed by atoms with E-state index in [9.17, 15) is 14.7 Å². The number of nitrogens with zero attached hydrogens (tertiary/aromatic N) is 1. The van der Waals surface area contributed by atoms with Crippen LogP contribution in [0, 0.1) is 5.92 Å². The first-order chi connectivity index (χ1) is 8.53. The molecule has 102 valence electrons. The largest absolute Gasteiger partial charge is 0.480 e. The van der Waals surface area contributed by atoms with Gasteiger partial charge in [-0.05, 0) is 44.4 Å². The Morgan fingerprint density at radius 2 is 1.78 bits per heavy atom. The summed E-state index contributed by atoms with van der Waals surface area (Å²) in [7, 11) is 0. The average Bonchev–Trinajstić information content (AvgIpc) is 2.85. The molecule has 1 saturated carbocycles. The number of carbonyl (C=O) groups excluding carboxylic acids is 1. The number of carbonyl (C=O) groups is 2. The Morgan fingerprint density at radius 1 is 1.22 bits per heavy atom. The Balaban J connectivity index is 2.01. The molecule has 0 spiro atoms. The van der Waals surface area contributed by atoms with Crippen LogP contribution in [0.3, 0.4) is 0 Å². The number of amides is 2. The summed E-state index contributed by atoms with van der Waals surface area (Å²) in [6.07, 6.45) is 4.86. The van der Waals surface area contributed by atoms with E-state index in [0.29, 0.717) is 18.8 Å². The van der Waals surface area contributed by atoms with E-state index >= 15 is 0 Å². The van der Waals surface area contributed by atoms with Crippen molar-refractivity contribution in [1.29, 1.82) is 0 Å². The van der Waals surface area contributed by atoms with E-state index in [1.165, 1.54) is 0 Å². The molecule has 2 rings (SSSR count). The minimum atomic E-state index is -1.04. The number of urea groups is 1. The summed E-state index contributed by atoms with van der Waals surface area (Å²) in [5.74, 6) is -0.330. The SMILES string of the molecule is CC1CCC(NC(=O)N2CCCC2)(C(=O)O)CC1. The molecule has 1 aliphatic heterocycles. The first kappa shape index (κ1) is 13.2. The summed E-state index contributed by atoms with van der Waals surface area (Å²) in [5.41, 5.74) is -1.04. The molecular formula is C13H22N2O3. The number of likely N-dealkylation sites (tertiary alicyclic amines) is 1. The summed E-state index contributed by atoms with van der Waals surface area (Å²) in [6, 6.07) is -0.204. The van der Waals surface area contributed by atoms with Crippen molar-refractivity contribution in [1.82, 2.24) is 10.2 Å². The van der Waals surface area contributed by atoms with Crippen molar-refractivity contribution in [2.75, 3.05) is 13.1 Å². The molecular weight excluding hydrogens is 232 g/mol. The lowest BCUT2D eigenvalue weighted by molar-refractivity contribution is -0.146. The van der Waals surface area contributed by atoms with Crippen LogP contribution < -0.4 is 5.32 Å². The molecule has 0 bridgehead atoms. The molecule has 18 heavy (non-hydrogen) atoms. The van der Waals surface area contributed by atoms with Crippen LogP contribution in [-0.2, 0) is 4.79 Å². The molecule has 0 unspecified atom stereocenters. The molecule has 0 atom stereocenters. The van der Waals surface area contributed by atoms with Gasteiger partial charge in [-0.3, -0.25) is 0 Å². The van der Waals surface area contributed by atoms with Crippen molar-refractivity contribution >= 4 is 12.0 Å². The van der Waals surface area contributed by atoms with Gasteiger partial charge < -0.3 is 15.3 Å². The normalized spacial score (nSPS) is 32.3. The Kier molecular flexibility index (Phi) is 3.78. The summed E-state index contributed by atoms with van der Waals surface area (Å²) in [5, 5.41) is 12.2. The molecule has 0 aromatic carbocycles. The van der Waals surface area contributed by atoms with Gasteiger partial charge in [-0.25, -0.2) is 9.59 Å². The topological polar surface area (TPSA) is 69.6 Å². The number of carboxylic acids is 1. The molecule has 1 saturated heterocycles. The number of carboxylic acid groups (broad SMARTS) is 1. The lowest BCUT2D eigenvalue weighted by atomic mass is 9.77. The van der Waals surface area contributed by atoms with E-state index in [2.05, 4.69) is 12.2 Å². The van der Waals surface area contributed by atoms with E-state index in [-0.39, 0.29) is 6.03 Å². The highest BCUT2D eigenvalue weighted by molar-refractivity contribution is 5.86. The predicted octanol–water partition coefficient (Wildman–Crippen LogP) is 1.83. The van der Waals surface area contributed by atoms with Gasteiger partial charge in [-0.2, -0.15) is 0 Å². The molecule has 0 aromatic heterocycles. The van der Waals surface area contributed by atoms with Crippen LogP contribution >= 0.6 is 0 Å². The lowest BCUT2D eigenvalue weighted by Crippen LogP contribution is -2.58. The summed E-state index contributed by atoms with van der Waals surface area (Å²) in [4.78, 5) is 25.3. The van der Waals surface area contributed by atoms with Crippen LogP contribution in [0.25, 0.3) is 0 Å².